The molecule has 0 saturated heterocycles. The number of fused-ring (bicyclic) bond motifs is 5. The van der Waals surface area contributed by atoms with Crippen LogP contribution in [0.15, 0.2) is 70.9 Å². The van der Waals surface area contributed by atoms with Crippen LogP contribution >= 0.6 is 0 Å². The SMILES string of the molecule is CC1(C)C2(c3ccccc3)N=NC1(c1ccccc1)C1CCC12. The summed E-state index contributed by atoms with van der Waals surface area (Å²) in [6.45, 7) is 4.79. The van der Waals surface area contributed by atoms with Crippen molar-refractivity contribution in [1.29, 1.82) is 0 Å². The van der Waals surface area contributed by atoms with Gasteiger partial charge in [-0.3, -0.25) is 0 Å². The van der Waals surface area contributed by atoms with E-state index < -0.39 is 0 Å². The zero-order valence-corrected chi connectivity index (χ0v) is 13.7. The minimum absolute atomic E-state index is 0.00542. The Labute approximate surface area is 137 Å². The summed E-state index contributed by atoms with van der Waals surface area (Å²) in [7, 11) is 0. The monoisotopic (exact) mass is 302 g/mol. The third kappa shape index (κ3) is 1.26. The Morgan fingerprint density at radius 2 is 1.09 bits per heavy atom. The van der Waals surface area contributed by atoms with Gasteiger partial charge in [-0.15, -0.1) is 0 Å². The first-order valence-electron chi connectivity index (χ1n) is 8.70. The molecule has 0 aromatic heterocycles. The first kappa shape index (κ1) is 13.5. The molecule has 2 fully saturated rings. The van der Waals surface area contributed by atoms with Gasteiger partial charge in [0.05, 0.1) is 0 Å². The van der Waals surface area contributed by atoms with Crippen LogP contribution in [0.1, 0.15) is 37.8 Å². The van der Waals surface area contributed by atoms with E-state index in [1.807, 2.05) is 0 Å². The number of azo groups is 1. The van der Waals surface area contributed by atoms with Crippen LogP contribution in [-0.4, -0.2) is 0 Å². The van der Waals surface area contributed by atoms with Crippen molar-refractivity contribution in [3.8, 4) is 0 Å². The van der Waals surface area contributed by atoms with Crippen molar-refractivity contribution < 1.29 is 0 Å². The molecule has 116 valence electrons. The van der Waals surface area contributed by atoms with E-state index in [0.29, 0.717) is 11.8 Å². The first-order chi connectivity index (χ1) is 11.1. The maximum atomic E-state index is 5.01. The molecule has 0 radical (unpaired) electrons. The van der Waals surface area contributed by atoms with E-state index in [-0.39, 0.29) is 16.5 Å². The largest absolute Gasteiger partial charge is 0.181 e. The Kier molecular flexibility index (Phi) is 2.41. The van der Waals surface area contributed by atoms with E-state index in [4.69, 9.17) is 10.2 Å². The topological polar surface area (TPSA) is 24.7 Å². The Bertz CT molecular complexity index is 715. The van der Waals surface area contributed by atoms with Crippen molar-refractivity contribution in [2.45, 2.75) is 37.8 Å². The van der Waals surface area contributed by atoms with E-state index in [2.05, 4.69) is 74.5 Å². The zero-order valence-electron chi connectivity index (χ0n) is 13.7. The van der Waals surface area contributed by atoms with Crippen LogP contribution in [0.3, 0.4) is 0 Å². The molecule has 5 rings (SSSR count). The molecule has 0 spiro atoms. The Balaban J connectivity index is 1.78. The van der Waals surface area contributed by atoms with Gasteiger partial charge in [0.25, 0.3) is 0 Å². The third-order valence-corrected chi connectivity index (χ3v) is 7.05. The third-order valence-electron chi connectivity index (χ3n) is 7.05. The second kappa shape index (κ2) is 4.11. The highest BCUT2D eigenvalue weighted by molar-refractivity contribution is 5.45. The van der Waals surface area contributed by atoms with E-state index in [1.54, 1.807) is 0 Å². The fourth-order valence-corrected chi connectivity index (χ4v) is 5.92. The molecule has 4 unspecified atom stereocenters. The molecule has 2 bridgehead atoms. The molecule has 2 saturated carbocycles. The number of rotatable bonds is 2. The highest BCUT2D eigenvalue weighted by atomic mass is 15.3. The highest BCUT2D eigenvalue weighted by Crippen LogP contribution is 2.78. The van der Waals surface area contributed by atoms with Crippen LogP contribution in [0, 0.1) is 17.3 Å². The summed E-state index contributed by atoms with van der Waals surface area (Å²) in [5, 5.41) is 10.0. The quantitative estimate of drug-likeness (QED) is 0.718. The van der Waals surface area contributed by atoms with Gasteiger partial charge in [-0.2, -0.15) is 10.2 Å². The van der Waals surface area contributed by atoms with Crippen molar-refractivity contribution in [2.24, 2.45) is 27.5 Å². The molecule has 2 aliphatic carbocycles. The normalized spacial score (nSPS) is 39.0. The van der Waals surface area contributed by atoms with Gasteiger partial charge in [0.1, 0.15) is 11.1 Å². The second-order valence-corrected chi connectivity index (χ2v) is 7.88. The molecule has 1 heterocycles. The molecule has 4 atom stereocenters. The summed E-state index contributed by atoms with van der Waals surface area (Å²) in [6, 6.07) is 21.8. The molecule has 2 nitrogen and oxygen atoms in total. The van der Waals surface area contributed by atoms with Crippen LogP contribution in [0.5, 0.6) is 0 Å². The fourth-order valence-electron chi connectivity index (χ4n) is 5.92. The Morgan fingerprint density at radius 3 is 1.43 bits per heavy atom. The lowest BCUT2D eigenvalue weighted by atomic mass is 9.62. The molecule has 23 heavy (non-hydrogen) atoms. The highest BCUT2D eigenvalue weighted by Gasteiger charge is 2.79. The molecule has 2 heteroatoms. The number of hydrogen-bond acceptors (Lipinski definition) is 2. The summed E-state index contributed by atoms with van der Waals surface area (Å²) >= 11 is 0. The molecule has 0 N–H and O–H groups in total. The maximum Gasteiger partial charge on any atom is 0.117 e. The van der Waals surface area contributed by atoms with Crippen LogP contribution in [0.4, 0.5) is 0 Å². The summed E-state index contributed by atoms with van der Waals surface area (Å²) < 4.78 is 0. The summed E-state index contributed by atoms with van der Waals surface area (Å²) in [5.41, 5.74) is 2.37. The summed E-state index contributed by atoms with van der Waals surface area (Å²) in [4.78, 5) is 0. The van der Waals surface area contributed by atoms with Crippen molar-refractivity contribution in [1.82, 2.24) is 0 Å². The van der Waals surface area contributed by atoms with E-state index in [9.17, 15) is 0 Å². The van der Waals surface area contributed by atoms with Gasteiger partial charge in [-0.05, 0) is 35.8 Å². The zero-order chi connectivity index (χ0) is 15.7. The molecular weight excluding hydrogens is 280 g/mol. The van der Waals surface area contributed by atoms with Gasteiger partial charge in [0.15, 0.2) is 0 Å². The Morgan fingerprint density at radius 1 is 0.696 bits per heavy atom. The lowest BCUT2D eigenvalue weighted by Gasteiger charge is -2.45. The smallest absolute Gasteiger partial charge is 0.117 e. The molecular formula is C21H22N2. The predicted octanol–water partition coefficient (Wildman–Crippen LogP) is 5.31. The van der Waals surface area contributed by atoms with Gasteiger partial charge in [0, 0.05) is 5.41 Å². The molecule has 2 aromatic carbocycles. The van der Waals surface area contributed by atoms with Crippen LogP contribution in [0.2, 0.25) is 0 Å². The molecule has 0 amide bonds. The lowest BCUT2D eigenvalue weighted by molar-refractivity contribution is 0.0843. The molecule has 1 aliphatic heterocycles. The van der Waals surface area contributed by atoms with E-state index >= 15 is 0 Å². The van der Waals surface area contributed by atoms with E-state index in [0.717, 1.165) is 0 Å². The van der Waals surface area contributed by atoms with Crippen molar-refractivity contribution in [3.05, 3.63) is 71.8 Å². The van der Waals surface area contributed by atoms with Crippen molar-refractivity contribution >= 4 is 0 Å². The van der Waals surface area contributed by atoms with Gasteiger partial charge in [-0.1, -0.05) is 74.5 Å². The molecule has 3 aliphatic rings. The van der Waals surface area contributed by atoms with Crippen molar-refractivity contribution in [3.63, 3.8) is 0 Å². The van der Waals surface area contributed by atoms with Crippen LogP contribution < -0.4 is 0 Å². The minimum atomic E-state index is -0.160. The average Bonchev–Trinajstić information content (AvgIpc) is 2.84. The Hall–Kier alpha value is -1.96. The van der Waals surface area contributed by atoms with Crippen LogP contribution in [0.25, 0.3) is 0 Å². The number of nitrogens with zero attached hydrogens (tertiary/aromatic N) is 2. The summed E-state index contributed by atoms with van der Waals surface area (Å²) in [5.74, 6) is 1.25. The lowest BCUT2D eigenvalue weighted by Crippen LogP contribution is -2.43. The fraction of sp³-hybridized carbons (Fsp3) is 0.429. The summed E-state index contributed by atoms with van der Waals surface area (Å²) in [6.07, 6.45) is 2.55. The van der Waals surface area contributed by atoms with Crippen LogP contribution in [-0.2, 0) is 11.1 Å². The van der Waals surface area contributed by atoms with Gasteiger partial charge in [0.2, 0.25) is 0 Å². The van der Waals surface area contributed by atoms with E-state index in [1.165, 1.54) is 24.0 Å². The molecule has 2 aromatic rings. The van der Waals surface area contributed by atoms with Crippen molar-refractivity contribution in [2.75, 3.05) is 0 Å². The maximum absolute atomic E-state index is 5.01. The van der Waals surface area contributed by atoms with Gasteiger partial charge >= 0.3 is 0 Å². The van der Waals surface area contributed by atoms with Gasteiger partial charge < -0.3 is 0 Å². The number of hydrogen-bond donors (Lipinski definition) is 0. The first-order valence-corrected chi connectivity index (χ1v) is 8.70. The predicted molar refractivity (Wildman–Crippen MR) is 91.1 cm³/mol. The van der Waals surface area contributed by atoms with Gasteiger partial charge in [-0.25, -0.2) is 0 Å². The number of benzene rings is 2. The second-order valence-electron chi connectivity index (χ2n) is 7.88. The minimum Gasteiger partial charge on any atom is -0.181 e. The standard InChI is InChI=1S/C21H22N2/c1-19(2)20(15-9-5-3-6-10-15)17-13-14-18(17)21(19,23-22-20)16-11-7-4-8-12-16/h3-12,17-18H,13-14H2,1-2H3. The average molecular weight is 302 g/mol.